The van der Waals surface area contributed by atoms with Crippen LogP contribution in [0.4, 0.5) is 5.82 Å². The Hall–Kier alpha value is -1.75. The van der Waals surface area contributed by atoms with Crippen LogP contribution in [0.2, 0.25) is 0 Å². The van der Waals surface area contributed by atoms with Crippen LogP contribution in [0.3, 0.4) is 0 Å². The second-order valence-corrected chi connectivity index (χ2v) is 4.64. The molecule has 0 aliphatic rings. The zero-order chi connectivity index (χ0) is 12.0. The highest BCUT2D eigenvalue weighted by atomic mass is 79.9. The first-order valence-electron chi connectivity index (χ1n) is 5.15. The van der Waals surface area contributed by atoms with Gasteiger partial charge in [0.2, 0.25) is 0 Å². The minimum atomic E-state index is 0.591. The predicted octanol–water partition coefficient (Wildman–Crippen LogP) is 3.25. The summed E-state index contributed by atoms with van der Waals surface area (Å²) in [6.45, 7) is 1.99. The van der Waals surface area contributed by atoms with E-state index >= 15 is 0 Å². The molecular weight excluding hydrogens is 282 g/mol. The molecule has 0 bridgehead atoms. The van der Waals surface area contributed by atoms with Crippen molar-refractivity contribution in [1.29, 1.82) is 0 Å². The molecule has 86 valence electrons. The van der Waals surface area contributed by atoms with Crippen LogP contribution in [0.25, 0.3) is 17.1 Å². The summed E-state index contributed by atoms with van der Waals surface area (Å²) in [5.41, 5.74) is 8.63. The number of nitrogens with zero attached hydrogens (tertiary/aromatic N) is 2. The molecule has 0 amide bonds. The van der Waals surface area contributed by atoms with E-state index in [0.29, 0.717) is 17.3 Å². The normalized spacial score (nSPS) is 11.2. The summed E-state index contributed by atoms with van der Waals surface area (Å²) in [7, 11) is 0. The van der Waals surface area contributed by atoms with Gasteiger partial charge in [-0.3, -0.25) is 4.40 Å². The molecule has 0 saturated heterocycles. The van der Waals surface area contributed by atoms with Crippen LogP contribution >= 0.6 is 15.9 Å². The third-order valence-electron chi connectivity index (χ3n) is 2.75. The Labute approximate surface area is 106 Å². The number of aryl methyl sites for hydroxylation is 1. The zero-order valence-electron chi connectivity index (χ0n) is 9.14. The molecule has 0 aromatic carbocycles. The number of imidazole rings is 1. The molecule has 0 aliphatic heterocycles. The molecular formula is C12H10BrN3O. The molecule has 0 saturated carbocycles. The quantitative estimate of drug-likeness (QED) is 0.749. The van der Waals surface area contributed by atoms with E-state index in [0.717, 1.165) is 15.8 Å². The van der Waals surface area contributed by atoms with Gasteiger partial charge in [0.1, 0.15) is 17.2 Å². The molecule has 3 aromatic rings. The summed E-state index contributed by atoms with van der Waals surface area (Å²) in [5, 5.41) is 0. The molecule has 0 radical (unpaired) electrons. The van der Waals surface area contributed by atoms with Crippen molar-refractivity contribution >= 4 is 27.4 Å². The third-order valence-corrected chi connectivity index (χ3v) is 3.59. The number of halogens is 1. The van der Waals surface area contributed by atoms with Crippen molar-refractivity contribution in [2.75, 3.05) is 5.73 Å². The van der Waals surface area contributed by atoms with Crippen LogP contribution in [-0.2, 0) is 0 Å². The van der Waals surface area contributed by atoms with Crippen LogP contribution in [0.15, 0.2) is 39.4 Å². The van der Waals surface area contributed by atoms with Crippen LogP contribution < -0.4 is 5.73 Å². The van der Waals surface area contributed by atoms with Crippen molar-refractivity contribution in [2.45, 2.75) is 6.92 Å². The number of fused-ring (bicyclic) bond motifs is 1. The van der Waals surface area contributed by atoms with Gasteiger partial charge in [-0.15, -0.1) is 0 Å². The second kappa shape index (κ2) is 3.63. The van der Waals surface area contributed by atoms with Crippen molar-refractivity contribution in [3.05, 3.63) is 40.7 Å². The van der Waals surface area contributed by atoms with Crippen LogP contribution in [0.5, 0.6) is 0 Å². The first-order valence-corrected chi connectivity index (χ1v) is 5.94. The number of nitrogen functional groups attached to an aromatic ring is 1. The van der Waals surface area contributed by atoms with E-state index in [1.165, 1.54) is 0 Å². The number of hydrogen-bond acceptors (Lipinski definition) is 3. The lowest BCUT2D eigenvalue weighted by Crippen LogP contribution is -1.98. The minimum absolute atomic E-state index is 0.591. The van der Waals surface area contributed by atoms with Crippen molar-refractivity contribution in [3.63, 3.8) is 0 Å². The average molecular weight is 292 g/mol. The number of furan rings is 1. The lowest BCUT2D eigenvalue weighted by molar-refractivity contribution is 0.581. The number of nitrogens with two attached hydrogens (primary N) is 1. The SMILES string of the molecule is Cc1c(Br)ccc2nc(-c3ccco3)c(N)n12. The van der Waals surface area contributed by atoms with Crippen molar-refractivity contribution < 1.29 is 4.42 Å². The maximum Gasteiger partial charge on any atom is 0.156 e. The molecule has 0 aliphatic carbocycles. The van der Waals surface area contributed by atoms with Gasteiger partial charge in [0, 0.05) is 10.2 Å². The fourth-order valence-electron chi connectivity index (χ4n) is 1.89. The highest BCUT2D eigenvalue weighted by molar-refractivity contribution is 9.10. The highest BCUT2D eigenvalue weighted by Crippen LogP contribution is 2.29. The Morgan fingerprint density at radius 3 is 2.88 bits per heavy atom. The molecule has 3 heterocycles. The van der Waals surface area contributed by atoms with E-state index in [-0.39, 0.29) is 0 Å². The Bertz CT molecular complexity index is 685. The standard InChI is InChI=1S/C12H10BrN3O/c1-7-8(13)4-5-10-15-11(12(14)16(7)10)9-3-2-6-17-9/h2-6H,14H2,1H3. The summed E-state index contributed by atoms with van der Waals surface area (Å²) >= 11 is 3.48. The van der Waals surface area contributed by atoms with Crippen LogP contribution in [0, 0.1) is 6.92 Å². The number of aromatic nitrogens is 2. The maximum absolute atomic E-state index is 6.12. The van der Waals surface area contributed by atoms with Gasteiger partial charge in [-0.05, 0) is 47.1 Å². The Kier molecular flexibility index (Phi) is 2.22. The summed E-state index contributed by atoms with van der Waals surface area (Å²) in [6, 6.07) is 7.55. The zero-order valence-corrected chi connectivity index (χ0v) is 10.7. The topological polar surface area (TPSA) is 56.5 Å². The Morgan fingerprint density at radius 2 is 2.18 bits per heavy atom. The highest BCUT2D eigenvalue weighted by Gasteiger charge is 2.15. The number of hydrogen-bond donors (Lipinski definition) is 1. The van der Waals surface area contributed by atoms with E-state index < -0.39 is 0 Å². The van der Waals surface area contributed by atoms with Crippen molar-refractivity contribution in [3.8, 4) is 11.5 Å². The molecule has 17 heavy (non-hydrogen) atoms. The fraction of sp³-hybridized carbons (Fsp3) is 0.0833. The third kappa shape index (κ3) is 1.46. The number of rotatable bonds is 1. The van der Waals surface area contributed by atoms with Gasteiger partial charge in [0.25, 0.3) is 0 Å². The molecule has 3 rings (SSSR count). The molecule has 3 aromatic heterocycles. The van der Waals surface area contributed by atoms with Gasteiger partial charge in [-0.25, -0.2) is 4.98 Å². The largest absolute Gasteiger partial charge is 0.463 e. The van der Waals surface area contributed by atoms with E-state index in [9.17, 15) is 0 Å². The second-order valence-electron chi connectivity index (χ2n) is 3.78. The molecule has 5 heteroatoms. The summed E-state index contributed by atoms with van der Waals surface area (Å²) in [5.74, 6) is 1.27. The van der Waals surface area contributed by atoms with Gasteiger partial charge in [0.05, 0.1) is 6.26 Å². The predicted molar refractivity (Wildman–Crippen MR) is 69.7 cm³/mol. The van der Waals surface area contributed by atoms with E-state index in [4.69, 9.17) is 10.2 Å². The molecule has 0 atom stereocenters. The molecule has 4 nitrogen and oxygen atoms in total. The van der Waals surface area contributed by atoms with Gasteiger partial charge >= 0.3 is 0 Å². The Morgan fingerprint density at radius 1 is 1.35 bits per heavy atom. The maximum atomic E-state index is 6.12. The molecule has 0 unspecified atom stereocenters. The molecule has 0 spiro atoms. The number of pyridine rings is 1. The van der Waals surface area contributed by atoms with Crippen molar-refractivity contribution in [1.82, 2.24) is 9.38 Å². The summed E-state index contributed by atoms with van der Waals surface area (Å²) in [4.78, 5) is 4.48. The van der Waals surface area contributed by atoms with E-state index in [2.05, 4.69) is 20.9 Å². The smallest absolute Gasteiger partial charge is 0.156 e. The van der Waals surface area contributed by atoms with Gasteiger partial charge < -0.3 is 10.2 Å². The Balaban J connectivity index is 2.37. The van der Waals surface area contributed by atoms with E-state index in [1.54, 1.807) is 6.26 Å². The first kappa shape index (κ1) is 10.4. The summed E-state index contributed by atoms with van der Waals surface area (Å²) in [6.07, 6.45) is 1.61. The monoisotopic (exact) mass is 291 g/mol. The van der Waals surface area contributed by atoms with Crippen LogP contribution in [-0.4, -0.2) is 9.38 Å². The average Bonchev–Trinajstić information content (AvgIpc) is 2.91. The lowest BCUT2D eigenvalue weighted by Gasteiger charge is -2.03. The summed E-state index contributed by atoms with van der Waals surface area (Å²) < 4.78 is 8.24. The molecule has 2 N–H and O–H groups in total. The minimum Gasteiger partial charge on any atom is -0.463 e. The van der Waals surface area contributed by atoms with Gasteiger partial charge in [-0.1, -0.05) is 0 Å². The fourth-order valence-corrected chi connectivity index (χ4v) is 2.19. The van der Waals surface area contributed by atoms with Gasteiger partial charge in [-0.2, -0.15) is 0 Å². The lowest BCUT2D eigenvalue weighted by atomic mass is 10.3. The van der Waals surface area contributed by atoms with E-state index in [1.807, 2.05) is 35.6 Å². The van der Waals surface area contributed by atoms with Gasteiger partial charge in [0.15, 0.2) is 5.76 Å². The van der Waals surface area contributed by atoms with Crippen LogP contribution in [0.1, 0.15) is 5.69 Å². The first-order chi connectivity index (χ1) is 8.18. The van der Waals surface area contributed by atoms with Crippen molar-refractivity contribution in [2.24, 2.45) is 0 Å². The number of anilines is 1. The molecule has 0 fully saturated rings.